The Hall–Kier alpha value is -2.28. The van der Waals surface area contributed by atoms with E-state index in [1.807, 2.05) is 0 Å². The number of hydrogen-bond donors (Lipinski definition) is 0. The van der Waals surface area contributed by atoms with Crippen LogP contribution in [0.2, 0.25) is 0 Å². The molecule has 27 heavy (non-hydrogen) atoms. The Labute approximate surface area is 159 Å². The zero-order chi connectivity index (χ0) is 19.6. The van der Waals surface area contributed by atoms with Gasteiger partial charge >= 0.3 is 0 Å². The van der Waals surface area contributed by atoms with Gasteiger partial charge in [-0.15, -0.1) is 0 Å². The predicted octanol–water partition coefficient (Wildman–Crippen LogP) is 3.37. The van der Waals surface area contributed by atoms with E-state index in [9.17, 15) is 9.18 Å². The molecule has 1 aliphatic rings. The van der Waals surface area contributed by atoms with E-state index >= 15 is 0 Å². The van der Waals surface area contributed by atoms with Gasteiger partial charge in [0.05, 0.1) is 0 Å². The lowest BCUT2D eigenvalue weighted by Crippen LogP contribution is -2.39. The maximum absolute atomic E-state index is 13.9. The molecule has 0 bridgehead atoms. The van der Waals surface area contributed by atoms with Crippen molar-refractivity contribution in [1.82, 2.24) is 19.9 Å². The summed E-state index contributed by atoms with van der Waals surface area (Å²) in [6.45, 7) is 10.6. The van der Waals surface area contributed by atoms with Crippen LogP contribution < -0.4 is 0 Å². The number of carbonyl (C=O) groups excluding carboxylic acids is 1. The first kappa shape index (κ1) is 19.5. The first-order chi connectivity index (χ1) is 12.8. The van der Waals surface area contributed by atoms with Crippen LogP contribution in [0.1, 0.15) is 53.9 Å². The summed E-state index contributed by atoms with van der Waals surface area (Å²) in [6, 6.07) is 4.49. The molecule has 1 aromatic carbocycles. The molecule has 2 heterocycles. The standard InChI is InChI=1S/C20H27FN4O2/c1-13(2)11-24-8-5-9-25(12-18(24)19-22-15(4)23-27-19)20(26)16-7-6-14(3)17(21)10-16/h6-7,10,13,18H,5,8-9,11-12H2,1-4H3. The van der Waals surface area contributed by atoms with E-state index in [2.05, 4.69) is 28.9 Å². The maximum atomic E-state index is 13.9. The number of rotatable bonds is 4. The molecule has 146 valence electrons. The van der Waals surface area contributed by atoms with Gasteiger partial charge < -0.3 is 9.42 Å². The van der Waals surface area contributed by atoms with Crippen LogP contribution in [0.5, 0.6) is 0 Å². The number of hydrogen-bond acceptors (Lipinski definition) is 5. The summed E-state index contributed by atoms with van der Waals surface area (Å²) >= 11 is 0. The molecule has 7 heteroatoms. The third-order valence-electron chi connectivity index (χ3n) is 4.84. The third kappa shape index (κ3) is 4.53. The van der Waals surface area contributed by atoms with Crippen molar-refractivity contribution >= 4 is 5.91 Å². The van der Waals surface area contributed by atoms with Gasteiger partial charge in [-0.3, -0.25) is 9.69 Å². The zero-order valence-electron chi connectivity index (χ0n) is 16.4. The van der Waals surface area contributed by atoms with E-state index in [1.54, 1.807) is 30.9 Å². The Kier molecular flexibility index (Phi) is 5.89. The van der Waals surface area contributed by atoms with Crippen LogP contribution in [-0.4, -0.2) is 52.0 Å². The van der Waals surface area contributed by atoms with Crippen molar-refractivity contribution in [2.75, 3.05) is 26.2 Å². The Bertz CT molecular complexity index is 805. The first-order valence-corrected chi connectivity index (χ1v) is 9.45. The van der Waals surface area contributed by atoms with E-state index in [1.165, 1.54) is 6.07 Å². The van der Waals surface area contributed by atoms with Gasteiger partial charge in [0.1, 0.15) is 11.9 Å². The second kappa shape index (κ2) is 8.17. The van der Waals surface area contributed by atoms with Crippen LogP contribution in [0.4, 0.5) is 4.39 Å². The zero-order valence-corrected chi connectivity index (χ0v) is 16.4. The van der Waals surface area contributed by atoms with Crippen molar-refractivity contribution in [3.63, 3.8) is 0 Å². The van der Waals surface area contributed by atoms with Crippen molar-refractivity contribution in [2.45, 2.75) is 40.2 Å². The van der Waals surface area contributed by atoms with E-state index in [-0.39, 0.29) is 17.8 Å². The van der Waals surface area contributed by atoms with E-state index in [0.29, 0.717) is 41.8 Å². The smallest absolute Gasteiger partial charge is 0.254 e. The fourth-order valence-corrected chi connectivity index (χ4v) is 3.50. The van der Waals surface area contributed by atoms with Crippen molar-refractivity contribution in [3.05, 3.63) is 46.9 Å². The van der Waals surface area contributed by atoms with Gasteiger partial charge in [-0.2, -0.15) is 4.98 Å². The molecule has 0 N–H and O–H groups in total. The highest BCUT2D eigenvalue weighted by Gasteiger charge is 2.33. The molecule has 1 amide bonds. The fraction of sp³-hybridized carbons (Fsp3) is 0.550. The number of amides is 1. The Morgan fingerprint density at radius 3 is 2.74 bits per heavy atom. The highest BCUT2D eigenvalue weighted by Crippen LogP contribution is 2.26. The number of benzene rings is 1. The summed E-state index contributed by atoms with van der Waals surface area (Å²) in [5.41, 5.74) is 0.903. The van der Waals surface area contributed by atoms with Gasteiger partial charge in [-0.1, -0.05) is 25.1 Å². The van der Waals surface area contributed by atoms with Gasteiger partial charge in [-0.25, -0.2) is 4.39 Å². The molecule has 0 spiro atoms. The molecule has 1 aromatic heterocycles. The molecule has 2 aromatic rings. The van der Waals surface area contributed by atoms with E-state index in [4.69, 9.17) is 4.52 Å². The number of nitrogens with zero attached hydrogens (tertiary/aromatic N) is 4. The number of carbonyl (C=O) groups is 1. The van der Waals surface area contributed by atoms with Gasteiger partial charge in [0, 0.05) is 31.7 Å². The van der Waals surface area contributed by atoms with E-state index in [0.717, 1.165) is 19.5 Å². The fourth-order valence-electron chi connectivity index (χ4n) is 3.50. The van der Waals surface area contributed by atoms with Crippen LogP contribution in [0.25, 0.3) is 0 Å². The average molecular weight is 374 g/mol. The van der Waals surface area contributed by atoms with Crippen LogP contribution in [0, 0.1) is 25.6 Å². The normalized spacial score (nSPS) is 18.7. The molecule has 0 aliphatic carbocycles. The van der Waals surface area contributed by atoms with Crippen molar-refractivity contribution in [2.24, 2.45) is 5.92 Å². The molecule has 3 rings (SSSR count). The summed E-state index contributed by atoms with van der Waals surface area (Å²) in [5.74, 6) is 1.06. The minimum Gasteiger partial charge on any atom is -0.338 e. The molecule has 1 unspecified atom stereocenters. The second-order valence-electron chi connectivity index (χ2n) is 7.65. The Balaban J connectivity index is 1.86. The minimum atomic E-state index is -0.360. The van der Waals surface area contributed by atoms with Crippen LogP contribution in [0.3, 0.4) is 0 Å². The maximum Gasteiger partial charge on any atom is 0.254 e. The lowest BCUT2D eigenvalue weighted by atomic mass is 10.1. The molecule has 1 fully saturated rings. The first-order valence-electron chi connectivity index (χ1n) is 9.45. The monoisotopic (exact) mass is 374 g/mol. The lowest BCUT2D eigenvalue weighted by Gasteiger charge is -2.30. The van der Waals surface area contributed by atoms with Crippen LogP contribution in [0.15, 0.2) is 22.7 Å². The van der Waals surface area contributed by atoms with Gasteiger partial charge in [0.2, 0.25) is 5.89 Å². The topological polar surface area (TPSA) is 62.5 Å². The summed E-state index contributed by atoms with van der Waals surface area (Å²) < 4.78 is 19.4. The summed E-state index contributed by atoms with van der Waals surface area (Å²) in [7, 11) is 0. The van der Waals surface area contributed by atoms with Crippen molar-refractivity contribution < 1.29 is 13.7 Å². The number of aromatic nitrogens is 2. The molecule has 0 saturated carbocycles. The second-order valence-corrected chi connectivity index (χ2v) is 7.65. The largest absolute Gasteiger partial charge is 0.338 e. The van der Waals surface area contributed by atoms with Crippen LogP contribution in [-0.2, 0) is 0 Å². The molecular formula is C20H27FN4O2. The SMILES string of the molecule is Cc1noc(C2CN(C(=O)c3ccc(C)c(F)c3)CCCN2CC(C)C)n1. The van der Waals surface area contributed by atoms with Gasteiger partial charge in [-0.05, 0) is 43.9 Å². The molecule has 1 atom stereocenters. The van der Waals surface area contributed by atoms with Crippen molar-refractivity contribution in [3.8, 4) is 0 Å². The highest BCUT2D eigenvalue weighted by atomic mass is 19.1. The summed E-state index contributed by atoms with van der Waals surface area (Å²) in [6.07, 6.45) is 0.844. The van der Waals surface area contributed by atoms with E-state index < -0.39 is 0 Å². The summed E-state index contributed by atoms with van der Waals surface area (Å²) in [4.78, 5) is 21.5. The number of halogens is 1. The molecular weight excluding hydrogens is 347 g/mol. The Morgan fingerprint density at radius 1 is 1.33 bits per heavy atom. The Morgan fingerprint density at radius 2 is 2.11 bits per heavy atom. The molecule has 6 nitrogen and oxygen atoms in total. The third-order valence-corrected chi connectivity index (χ3v) is 4.84. The molecule has 1 aliphatic heterocycles. The van der Waals surface area contributed by atoms with Gasteiger partial charge in [0.25, 0.3) is 5.91 Å². The molecule has 1 saturated heterocycles. The van der Waals surface area contributed by atoms with Gasteiger partial charge in [0.15, 0.2) is 5.82 Å². The molecule has 0 radical (unpaired) electrons. The predicted molar refractivity (Wildman–Crippen MR) is 99.8 cm³/mol. The average Bonchev–Trinajstić information content (AvgIpc) is 2.93. The minimum absolute atomic E-state index is 0.157. The van der Waals surface area contributed by atoms with Crippen LogP contribution >= 0.6 is 0 Å². The lowest BCUT2D eigenvalue weighted by molar-refractivity contribution is 0.0708. The highest BCUT2D eigenvalue weighted by molar-refractivity contribution is 5.94. The summed E-state index contributed by atoms with van der Waals surface area (Å²) in [5, 5.41) is 3.92. The quantitative estimate of drug-likeness (QED) is 0.821. The number of aryl methyl sites for hydroxylation is 2. The van der Waals surface area contributed by atoms with Crippen molar-refractivity contribution in [1.29, 1.82) is 0 Å².